The summed E-state index contributed by atoms with van der Waals surface area (Å²) >= 11 is 3.35. The van der Waals surface area contributed by atoms with Gasteiger partial charge in [-0.2, -0.15) is 5.26 Å². The fourth-order valence-electron chi connectivity index (χ4n) is 1.72. The van der Waals surface area contributed by atoms with Gasteiger partial charge in [-0.15, -0.1) is 0 Å². The van der Waals surface area contributed by atoms with Crippen LogP contribution in [0.3, 0.4) is 0 Å². The lowest BCUT2D eigenvalue weighted by Gasteiger charge is -2.11. The maximum absolute atomic E-state index is 9.29. The summed E-state index contributed by atoms with van der Waals surface area (Å²) in [5.74, 6) is 0.624. The van der Waals surface area contributed by atoms with E-state index in [0.717, 1.165) is 10.0 Å². The first-order chi connectivity index (χ1) is 9.24. The zero-order valence-corrected chi connectivity index (χ0v) is 11.7. The molecule has 0 radical (unpaired) electrons. The monoisotopic (exact) mass is 317 g/mol. The molecule has 0 aliphatic heterocycles. The molecule has 19 heavy (non-hydrogen) atoms. The first-order valence-corrected chi connectivity index (χ1v) is 6.54. The third kappa shape index (κ3) is 3.34. The molecule has 3 nitrogen and oxygen atoms in total. The van der Waals surface area contributed by atoms with Crippen LogP contribution in [0, 0.1) is 11.3 Å². The number of aliphatic hydroxyl groups is 1. The number of benzene rings is 2. The van der Waals surface area contributed by atoms with Crippen molar-refractivity contribution in [3.63, 3.8) is 0 Å². The maximum Gasteiger partial charge on any atom is 0.125 e. The van der Waals surface area contributed by atoms with Crippen molar-refractivity contribution in [2.75, 3.05) is 0 Å². The molecule has 0 saturated carbocycles. The van der Waals surface area contributed by atoms with Crippen molar-refractivity contribution in [3.8, 4) is 11.8 Å². The molecule has 0 bridgehead atoms. The summed E-state index contributed by atoms with van der Waals surface area (Å²) in [4.78, 5) is 0. The Hall–Kier alpha value is -1.83. The van der Waals surface area contributed by atoms with Gasteiger partial charge in [0.05, 0.1) is 18.2 Å². The van der Waals surface area contributed by atoms with Crippen molar-refractivity contribution in [1.29, 1.82) is 5.26 Å². The molecule has 0 amide bonds. The van der Waals surface area contributed by atoms with Crippen LogP contribution in [0.2, 0.25) is 0 Å². The van der Waals surface area contributed by atoms with Crippen molar-refractivity contribution < 1.29 is 9.84 Å². The van der Waals surface area contributed by atoms with E-state index in [2.05, 4.69) is 22.0 Å². The topological polar surface area (TPSA) is 53.2 Å². The third-order valence-corrected chi connectivity index (χ3v) is 3.21. The number of nitriles is 1. The van der Waals surface area contributed by atoms with E-state index in [4.69, 9.17) is 10.00 Å². The van der Waals surface area contributed by atoms with Crippen LogP contribution in [0.1, 0.15) is 16.7 Å². The SMILES string of the molecule is N#Cc1ccccc1COc1ccc(Br)cc1CO. The molecule has 0 aromatic heterocycles. The number of halogens is 1. The molecule has 0 saturated heterocycles. The van der Waals surface area contributed by atoms with Crippen molar-refractivity contribution in [2.45, 2.75) is 13.2 Å². The fraction of sp³-hybridized carbons (Fsp3) is 0.133. The lowest BCUT2D eigenvalue weighted by atomic mass is 10.1. The van der Waals surface area contributed by atoms with Gasteiger partial charge in [0.1, 0.15) is 12.4 Å². The van der Waals surface area contributed by atoms with Crippen LogP contribution in [0.15, 0.2) is 46.9 Å². The van der Waals surface area contributed by atoms with Gasteiger partial charge in [0.15, 0.2) is 0 Å². The normalized spacial score (nSPS) is 9.95. The highest BCUT2D eigenvalue weighted by Crippen LogP contribution is 2.24. The Balaban J connectivity index is 2.17. The first-order valence-electron chi connectivity index (χ1n) is 5.74. The number of ether oxygens (including phenoxy) is 1. The Labute approximate surface area is 120 Å². The molecular formula is C15H12BrNO2. The lowest BCUT2D eigenvalue weighted by Crippen LogP contribution is -2.00. The van der Waals surface area contributed by atoms with Crippen LogP contribution < -0.4 is 4.74 Å². The van der Waals surface area contributed by atoms with Crippen molar-refractivity contribution in [1.82, 2.24) is 0 Å². The highest BCUT2D eigenvalue weighted by Gasteiger charge is 2.06. The van der Waals surface area contributed by atoms with Gasteiger partial charge in [0.25, 0.3) is 0 Å². The number of rotatable bonds is 4. The molecule has 2 aromatic carbocycles. The average molecular weight is 318 g/mol. The van der Waals surface area contributed by atoms with Gasteiger partial charge >= 0.3 is 0 Å². The van der Waals surface area contributed by atoms with E-state index in [0.29, 0.717) is 23.5 Å². The van der Waals surface area contributed by atoms with E-state index in [-0.39, 0.29) is 6.61 Å². The highest BCUT2D eigenvalue weighted by molar-refractivity contribution is 9.10. The van der Waals surface area contributed by atoms with E-state index in [1.54, 1.807) is 12.1 Å². The van der Waals surface area contributed by atoms with Crippen molar-refractivity contribution in [2.24, 2.45) is 0 Å². The molecule has 0 spiro atoms. The Bertz CT molecular complexity index is 620. The summed E-state index contributed by atoms with van der Waals surface area (Å²) in [5.41, 5.74) is 2.14. The van der Waals surface area contributed by atoms with Gasteiger partial charge in [-0.3, -0.25) is 0 Å². The zero-order chi connectivity index (χ0) is 13.7. The summed E-state index contributed by atoms with van der Waals surface area (Å²) in [7, 11) is 0. The second-order valence-corrected chi connectivity index (χ2v) is 4.88. The predicted octanol–water partition coefficient (Wildman–Crippen LogP) is 3.39. The molecule has 2 aromatic rings. The second kappa shape index (κ2) is 6.37. The first kappa shape index (κ1) is 13.6. The maximum atomic E-state index is 9.29. The van der Waals surface area contributed by atoms with Crippen LogP contribution in [0.25, 0.3) is 0 Å². The van der Waals surface area contributed by atoms with E-state index in [1.807, 2.05) is 30.3 Å². The molecule has 2 rings (SSSR count). The number of aliphatic hydroxyl groups excluding tert-OH is 1. The van der Waals surface area contributed by atoms with E-state index in [1.165, 1.54) is 0 Å². The quantitative estimate of drug-likeness (QED) is 0.940. The molecule has 1 N–H and O–H groups in total. The average Bonchev–Trinajstić information content (AvgIpc) is 2.46. The predicted molar refractivity (Wildman–Crippen MR) is 75.6 cm³/mol. The summed E-state index contributed by atoms with van der Waals surface area (Å²) in [6, 6.07) is 14.9. The standard InChI is InChI=1S/C15H12BrNO2/c16-14-5-6-15(13(7-14)9-18)19-10-12-4-2-1-3-11(12)8-17/h1-7,18H,9-10H2. The Morgan fingerprint density at radius 3 is 2.68 bits per heavy atom. The van der Waals surface area contributed by atoms with Gasteiger partial charge in [0, 0.05) is 15.6 Å². The van der Waals surface area contributed by atoms with Crippen LogP contribution in [-0.4, -0.2) is 5.11 Å². The van der Waals surface area contributed by atoms with Crippen molar-refractivity contribution in [3.05, 3.63) is 63.6 Å². The molecule has 0 aliphatic rings. The minimum Gasteiger partial charge on any atom is -0.488 e. The summed E-state index contributed by atoms with van der Waals surface area (Å²) < 4.78 is 6.57. The summed E-state index contributed by atoms with van der Waals surface area (Å²) in [6.45, 7) is 0.215. The van der Waals surface area contributed by atoms with Gasteiger partial charge in [-0.1, -0.05) is 34.1 Å². The molecule has 0 aliphatic carbocycles. The van der Waals surface area contributed by atoms with Gasteiger partial charge < -0.3 is 9.84 Å². The van der Waals surface area contributed by atoms with Gasteiger partial charge in [-0.25, -0.2) is 0 Å². The Kier molecular flexibility index (Phi) is 4.56. The summed E-state index contributed by atoms with van der Waals surface area (Å²) in [5, 5.41) is 18.3. The van der Waals surface area contributed by atoms with Gasteiger partial charge in [0.2, 0.25) is 0 Å². The van der Waals surface area contributed by atoms with E-state index < -0.39 is 0 Å². The molecule has 96 valence electrons. The fourth-order valence-corrected chi connectivity index (χ4v) is 2.13. The Morgan fingerprint density at radius 2 is 1.95 bits per heavy atom. The molecule has 0 heterocycles. The largest absolute Gasteiger partial charge is 0.488 e. The number of nitrogens with zero attached hydrogens (tertiary/aromatic N) is 1. The molecule has 0 fully saturated rings. The molecular weight excluding hydrogens is 306 g/mol. The lowest BCUT2D eigenvalue weighted by molar-refractivity contribution is 0.259. The second-order valence-electron chi connectivity index (χ2n) is 3.97. The minimum absolute atomic E-state index is 0.0886. The van der Waals surface area contributed by atoms with E-state index in [9.17, 15) is 5.11 Å². The molecule has 0 atom stereocenters. The number of hydrogen-bond donors (Lipinski definition) is 1. The van der Waals surface area contributed by atoms with Crippen LogP contribution >= 0.6 is 15.9 Å². The smallest absolute Gasteiger partial charge is 0.125 e. The molecule has 0 unspecified atom stereocenters. The zero-order valence-electron chi connectivity index (χ0n) is 10.1. The highest BCUT2D eigenvalue weighted by atomic mass is 79.9. The minimum atomic E-state index is -0.0886. The molecule has 4 heteroatoms. The van der Waals surface area contributed by atoms with Gasteiger partial charge in [-0.05, 0) is 24.3 Å². The van der Waals surface area contributed by atoms with E-state index >= 15 is 0 Å². The third-order valence-electron chi connectivity index (χ3n) is 2.71. The van der Waals surface area contributed by atoms with Crippen LogP contribution in [0.5, 0.6) is 5.75 Å². The van der Waals surface area contributed by atoms with Crippen LogP contribution in [0.4, 0.5) is 0 Å². The Morgan fingerprint density at radius 1 is 1.16 bits per heavy atom. The van der Waals surface area contributed by atoms with Crippen molar-refractivity contribution >= 4 is 15.9 Å². The van der Waals surface area contributed by atoms with Crippen LogP contribution in [-0.2, 0) is 13.2 Å². The summed E-state index contributed by atoms with van der Waals surface area (Å²) in [6.07, 6.45) is 0. The number of hydrogen-bond acceptors (Lipinski definition) is 3.